The van der Waals surface area contributed by atoms with Crippen LogP contribution in [0.2, 0.25) is 0 Å². The van der Waals surface area contributed by atoms with E-state index in [1.165, 1.54) is 0 Å². The Morgan fingerprint density at radius 2 is 1.60 bits per heavy atom. The van der Waals surface area contributed by atoms with Crippen LogP contribution in [-0.4, -0.2) is 31.1 Å². The van der Waals surface area contributed by atoms with Gasteiger partial charge in [0, 0.05) is 26.2 Å². The van der Waals surface area contributed by atoms with Crippen molar-refractivity contribution >= 4 is 24.8 Å². The molecule has 20 heavy (non-hydrogen) atoms. The highest BCUT2D eigenvalue weighted by Gasteiger charge is 2.22. The van der Waals surface area contributed by atoms with Gasteiger partial charge in [0.2, 0.25) is 0 Å². The van der Waals surface area contributed by atoms with Gasteiger partial charge in [-0.05, 0) is 17.7 Å². The van der Waals surface area contributed by atoms with Crippen molar-refractivity contribution < 1.29 is 13.2 Å². The third-order valence-corrected chi connectivity index (χ3v) is 3.12. The van der Waals surface area contributed by atoms with Gasteiger partial charge in [-0.1, -0.05) is 6.08 Å². The molecule has 1 saturated heterocycles. The summed E-state index contributed by atoms with van der Waals surface area (Å²) in [6, 6.07) is 1.77. The normalized spacial score (nSPS) is 16.8. The van der Waals surface area contributed by atoms with Gasteiger partial charge in [0.1, 0.15) is 0 Å². The Kier molecular flexibility index (Phi) is 8.20. The van der Waals surface area contributed by atoms with E-state index in [0.717, 1.165) is 38.3 Å². The molecule has 1 atom stereocenters. The Hall–Kier alpha value is -0.750. The summed E-state index contributed by atoms with van der Waals surface area (Å²) in [6.45, 7) is 6.85. The summed E-state index contributed by atoms with van der Waals surface area (Å²) in [6.07, 6.45) is 1.62. The molecule has 0 spiro atoms. The van der Waals surface area contributed by atoms with Crippen molar-refractivity contribution in [2.75, 3.05) is 26.2 Å². The second-order valence-electron chi connectivity index (χ2n) is 4.27. The van der Waals surface area contributed by atoms with Gasteiger partial charge in [-0.3, -0.25) is 4.90 Å². The minimum Gasteiger partial charge on any atom is -0.314 e. The molecular formula is C13H17Cl2F3N2. The third kappa shape index (κ3) is 4.12. The first kappa shape index (κ1) is 19.2. The molecule has 1 N–H and O–H groups in total. The van der Waals surface area contributed by atoms with Crippen LogP contribution in [0.5, 0.6) is 0 Å². The molecule has 1 aliphatic rings. The van der Waals surface area contributed by atoms with Gasteiger partial charge in [-0.25, -0.2) is 13.2 Å². The van der Waals surface area contributed by atoms with Crippen molar-refractivity contribution in [1.29, 1.82) is 0 Å². The van der Waals surface area contributed by atoms with Crippen LogP contribution in [0.15, 0.2) is 24.8 Å². The van der Waals surface area contributed by atoms with Crippen molar-refractivity contribution in [3.8, 4) is 0 Å². The largest absolute Gasteiger partial charge is 0.314 e. The van der Waals surface area contributed by atoms with Crippen LogP contribution in [-0.2, 0) is 0 Å². The number of piperazine rings is 1. The van der Waals surface area contributed by atoms with Gasteiger partial charge in [0.25, 0.3) is 0 Å². The second kappa shape index (κ2) is 8.52. The van der Waals surface area contributed by atoms with E-state index >= 15 is 0 Å². The molecule has 1 aromatic carbocycles. The van der Waals surface area contributed by atoms with Crippen molar-refractivity contribution in [2.45, 2.75) is 6.04 Å². The van der Waals surface area contributed by atoms with E-state index in [1.807, 2.05) is 0 Å². The molecule has 1 aromatic rings. The van der Waals surface area contributed by atoms with Crippen molar-refractivity contribution in [2.24, 2.45) is 0 Å². The molecule has 1 fully saturated rings. The Bertz CT molecular complexity index is 428. The first-order valence-electron chi connectivity index (χ1n) is 5.85. The molecule has 0 amide bonds. The van der Waals surface area contributed by atoms with Crippen LogP contribution < -0.4 is 5.32 Å². The number of halogens is 5. The SMILES string of the molecule is C=C[C@@H](c1cc(F)c(F)c(F)c1)N1CCNCC1.Cl.Cl. The Morgan fingerprint density at radius 3 is 2.05 bits per heavy atom. The van der Waals surface area contributed by atoms with Crippen molar-refractivity contribution in [1.82, 2.24) is 10.2 Å². The first-order chi connectivity index (χ1) is 8.63. The highest BCUT2D eigenvalue weighted by Crippen LogP contribution is 2.25. The molecule has 0 saturated carbocycles. The van der Waals surface area contributed by atoms with E-state index in [0.29, 0.717) is 5.56 Å². The van der Waals surface area contributed by atoms with Crippen LogP contribution >= 0.6 is 24.8 Å². The Labute approximate surface area is 128 Å². The molecule has 0 aromatic heterocycles. The lowest BCUT2D eigenvalue weighted by molar-refractivity contribution is 0.202. The zero-order chi connectivity index (χ0) is 13.1. The minimum atomic E-state index is -1.43. The van der Waals surface area contributed by atoms with Gasteiger partial charge in [-0.2, -0.15) is 0 Å². The molecule has 2 rings (SSSR count). The fraction of sp³-hybridized carbons (Fsp3) is 0.385. The molecule has 114 valence electrons. The summed E-state index contributed by atoms with van der Waals surface area (Å²) in [5, 5.41) is 3.19. The molecule has 2 nitrogen and oxygen atoms in total. The van der Waals surface area contributed by atoms with E-state index in [2.05, 4.69) is 16.8 Å². The van der Waals surface area contributed by atoms with E-state index < -0.39 is 17.5 Å². The van der Waals surface area contributed by atoms with E-state index in [4.69, 9.17) is 0 Å². The lowest BCUT2D eigenvalue weighted by Crippen LogP contribution is -2.44. The molecule has 7 heteroatoms. The maximum absolute atomic E-state index is 13.2. The summed E-state index contributed by atoms with van der Waals surface area (Å²) in [5.74, 6) is -3.75. The Morgan fingerprint density at radius 1 is 1.10 bits per heavy atom. The molecule has 0 radical (unpaired) electrons. The molecule has 0 aliphatic carbocycles. The molecule has 1 heterocycles. The number of nitrogens with one attached hydrogen (secondary N) is 1. The van der Waals surface area contributed by atoms with E-state index in [1.54, 1.807) is 6.08 Å². The number of hydrogen-bond donors (Lipinski definition) is 1. The maximum atomic E-state index is 13.2. The number of benzene rings is 1. The molecule has 1 aliphatic heterocycles. The highest BCUT2D eigenvalue weighted by molar-refractivity contribution is 5.85. The van der Waals surface area contributed by atoms with Gasteiger partial charge >= 0.3 is 0 Å². The maximum Gasteiger partial charge on any atom is 0.194 e. The van der Waals surface area contributed by atoms with Crippen LogP contribution in [0.25, 0.3) is 0 Å². The molecular weight excluding hydrogens is 312 g/mol. The van der Waals surface area contributed by atoms with E-state index in [-0.39, 0.29) is 30.9 Å². The summed E-state index contributed by atoms with van der Waals surface area (Å²) < 4.78 is 39.4. The van der Waals surface area contributed by atoms with Crippen LogP contribution in [0, 0.1) is 17.5 Å². The zero-order valence-electron chi connectivity index (χ0n) is 10.7. The predicted molar refractivity (Wildman–Crippen MR) is 78.2 cm³/mol. The van der Waals surface area contributed by atoms with Gasteiger partial charge in [0.15, 0.2) is 17.5 Å². The first-order valence-corrected chi connectivity index (χ1v) is 5.85. The fourth-order valence-corrected chi connectivity index (χ4v) is 2.20. The van der Waals surface area contributed by atoms with Crippen LogP contribution in [0.4, 0.5) is 13.2 Å². The average Bonchev–Trinajstić information content (AvgIpc) is 2.38. The number of nitrogens with zero attached hydrogens (tertiary/aromatic N) is 1. The van der Waals surface area contributed by atoms with Crippen LogP contribution in [0.1, 0.15) is 11.6 Å². The average molecular weight is 329 g/mol. The fourth-order valence-electron chi connectivity index (χ4n) is 2.20. The summed E-state index contributed by atoms with van der Waals surface area (Å²) >= 11 is 0. The Balaban J connectivity index is 0.00000180. The minimum absolute atomic E-state index is 0. The van der Waals surface area contributed by atoms with Gasteiger partial charge in [0.05, 0.1) is 6.04 Å². The summed E-state index contributed by atoms with van der Waals surface area (Å²) in [7, 11) is 0. The number of hydrogen-bond acceptors (Lipinski definition) is 2. The van der Waals surface area contributed by atoms with Gasteiger partial charge < -0.3 is 5.32 Å². The predicted octanol–water partition coefficient (Wildman–Crippen LogP) is 3.08. The topological polar surface area (TPSA) is 15.3 Å². The van der Waals surface area contributed by atoms with Gasteiger partial charge in [-0.15, -0.1) is 31.4 Å². The lowest BCUT2D eigenvalue weighted by atomic mass is 10.0. The molecule has 0 bridgehead atoms. The standard InChI is InChI=1S/C13H15F3N2.2ClH/c1-2-12(18-5-3-17-4-6-18)9-7-10(14)13(16)11(15)8-9;;/h2,7-8,12,17H,1,3-6H2;2*1H/t12-;;/m0../s1. The van der Waals surface area contributed by atoms with Crippen molar-refractivity contribution in [3.05, 3.63) is 47.8 Å². The zero-order valence-corrected chi connectivity index (χ0v) is 12.4. The quantitative estimate of drug-likeness (QED) is 0.677. The summed E-state index contributed by atoms with van der Waals surface area (Å²) in [4.78, 5) is 2.05. The monoisotopic (exact) mass is 328 g/mol. The highest BCUT2D eigenvalue weighted by atomic mass is 35.5. The number of rotatable bonds is 3. The van der Waals surface area contributed by atoms with Crippen LogP contribution in [0.3, 0.4) is 0 Å². The van der Waals surface area contributed by atoms with E-state index in [9.17, 15) is 13.2 Å². The van der Waals surface area contributed by atoms with Crippen molar-refractivity contribution in [3.63, 3.8) is 0 Å². The third-order valence-electron chi connectivity index (χ3n) is 3.12. The molecule has 0 unspecified atom stereocenters. The summed E-state index contributed by atoms with van der Waals surface area (Å²) in [5.41, 5.74) is 0.392. The smallest absolute Gasteiger partial charge is 0.194 e. The second-order valence-corrected chi connectivity index (χ2v) is 4.27. The lowest BCUT2D eigenvalue weighted by Gasteiger charge is -2.33.